The molecule has 0 amide bonds. The van der Waals surface area contributed by atoms with E-state index in [1.165, 1.54) is 109 Å². The smallest absolute Gasteiger partial charge is 0.0681 e. The second kappa shape index (κ2) is 11.1. The fraction of sp³-hybridized carbons (Fsp3) is 0.424. The van der Waals surface area contributed by atoms with Crippen LogP contribution in [0, 0.1) is 6.92 Å². The maximum absolute atomic E-state index is 4.46. The predicted octanol–water partition coefficient (Wildman–Crippen LogP) is 9.77. The third-order valence-electron chi connectivity index (χ3n) is 8.69. The van der Waals surface area contributed by atoms with E-state index in [0.717, 1.165) is 17.5 Å². The number of benzene rings is 2. The Balaban J connectivity index is 0.000000146. The van der Waals surface area contributed by atoms with E-state index >= 15 is 0 Å². The summed E-state index contributed by atoms with van der Waals surface area (Å²) < 4.78 is 4.17. The highest BCUT2D eigenvalue weighted by Gasteiger charge is 2.20. The first-order chi connectivity index (χ1) is 18.6. The van der Waals surface area contributed by atoms with Crippen molar-refractivity contribution in [1.29, 1.82) is 0 Å². The summed E-state index contributed by atoms with van der Waals surface area (Å²) >= 11 is 3.70. The molecular weight excluding hydrogens is 532 g/mol. The fourth-order valence-electron chi connectivity index (χ4n) is 6.65. The molecule has 3 aromatic heterocycles. The summed E-state index contributed by atoms with van der Waals surface area (Å²) in [5.41, 5.74) is 8.92. The molecule has 2 aliphatic rings. The van der Waals surface area contributed by atoms with Crippen molar-refractivity contribution >= 4 is 38.0 Å². The maximum Gasteiger partial charge on any atom is 0.0681 e. The SMILES string of the molecule is Brn1c(C2CCCCC2)cc2ccccc21.Cc1cc(-c2ccc3[nH]c(C4CCCCC4)cc3c2)n(C)n1. The molecule has 198 valence electrons. The van der Waals surface area contributed by atoms with Gasteiger partial charge in [-0.05, 0) is 74.9 Å². The molecule has 0 bridgehead atoms. The molecule has 0 saturated heterocycles. The lowest BCUT2D eigenvalue weighted by molar-refractivity contribution is 0.437. The van der Waals surface area contributed by atoms with E-state index in [0.29, 0.717) is 0 Å². The number of hydrogen-bond acceptors (Lipinski definition) is 1. The van der Waals surface area contributed by atoms with Gasteiger partial charge in [-0.25, -0.2) is 0 Å². The highest BCUT2D eigenvalue weighted by atomic mass is 79.9. The van der Waals surface area contributed by atoms with E-state index in [2.05, 4.69) is 90.5 Å². The molecule has 38 heavy (non-hydrogen) atoms. The van der Waals surface area contributed by atoms with Crippen LogP contribution < -0.4 is 0 Å². The van der Waals surface area contributed by atoms with Gasteiger partial charge < -0.3 is 4.98 Å². The number of rotatable bonds is 3. The number of fused-ring (bicyclic) bond motifs is 2. The number of nitrogens with zero attached hydrogens (tertiary/aromatic N) is 3. The summed E-state index contributed by atoms with van der Waals surface area (Å²) in [4.78, 5) is 3.64. The zero-order valence-electron chi connectivity index (χ0n) is 22.7. The van der Waals surface area contributed by atoms with Crippen LogP contribution in [0.2, 0.25) is 0 Å². The Morgan fingerprint density at radius 2 is 1.50 bits per heavy atom. The normalized spacial score (nSPS) is 17.1. The van der Waals surface area contributed by atoms with Crippen molar-refractivity contribution in [3.63, 3.8) is 0 Å². The molecule has 0 unspecified atom stereocenters. The minimum absolute atomic E-state index is 0.726. The number of aromatic nitrogens is 4. The Morgan fingerprint density at radius 1 is 0.789 bits per heavy atom. The van der Waals surface area contributed by atoms with Gasteiger partial charge in [-0.1, -0.05) is 62.8 Å². The zero-order valence-corrected chi connectivity index (χ0v) is 24.3. The third kappa shape index (κ3) is 5.22. The Kier molecular flexibility index (Phi) is 7.47. The summed E-state index contributed by atoms with van der Waals surface area (Å²) in [6.45, 7) is 2.04. The average molecular weight is 572 g/mol. The van der Waals surface area contributed by atoms with Crippen LogP contribution in [-0.4, -0.2) is 18.4 Å². The minimum atomic E-state index is 0.726. The van der Waals surface area contributed by atoms with Gasteiger partial charge in [0.05, 0.1) is 33.1 Å². The molecule has 2 aliphatic carbocycles. The quantitative estimate of drug-likeness (QED) is 0.230. The van der Waals surface area contributed by atoms with Crippen LogP contribution in [0.25, 0.3) is 33.1 Å². The Labute approximate surface area is 234 Å². The monoisotopic (exact) mass is 570 g/mol. The van der Waals surface area contributed by atoms with Crippen molar-refractivity contribution in [2.45, 2.75) is 83.0 Å². The van der Waals surface area contributed by atoms with Gasteiger partial charge in [0.25, 0.3) is 0 Å². The van der Waals surface area contributed by atoms with Crippen LogP contribution >= 0.6 is 16.1 Å². The van der Waals surface area contributed by atoms with Gasteiger partial charge in [0.2, 0.25) is 0 Å². The molecule has 0 atom stereocenters. The summed E-state index contributed by atoms with van der Waals surface area (Å²) in [5, 5.41) is 7.12. The van der Waals surface area contributed by atoms with E-state index in [-0.39, 0.29) is 0 Å². The Bertz CT molecular complexity index is 1530. The molecule has 3 heterocycles. The fourth-order valence-corrected chi connectivity index (χ4v) is 7.36. The molecule has 2 fully saturated rings. The molecule has 7 rings (SSSR count). The number of hydrogen-bond donors (Lipinski definition) is 1. The number of aryl methyl sites for hydroxylation is 2. The third-order valence-corrected chi connectivity index (χ3v) is 9.48. The van der Waals surface area contributed by atoms with Crippen molar-refractivity contribution in [2.24, 2.45) is 7.05 Å². The first-order valence-corrected chi connectivity index (χ1v) is 15.2. The number of halogens is 1. The Morgan fingerprint density at radius 3 is 2.18 bits per heavy atom. The van der Waals surface area contributed by atoms with Crippen LogP contribution in [0.4, 0.5) is 0 Å². The number of H-pyrrole nitrogens is 1. The van der Waals surface area contributed by atoms with Gasteiger partial charge in [0.15, 0.2) is 0 Å². The van der Waals surface area contributed by atoms with Crippen LogP contribution in [0.3, 0.4) is 0 Å². The highest BCUT2D eigenvalue weighted by Crippen LogP contribution is 2.37. The maximum atomic E-state index is 4.46. The van der Waals surface area contributed by atoms with Gasteiger partial charge >= 0.3 is 0 Å². The minimum Gasteiger partial charge on any atom is -0.358 e. The molecule has 5 aromatic rings. The molecule has 5 heteroatoms. The van der Waals surface area contributed by atoms with Crippen LogP contribution in [-0.2, 0) is 7.05 Å². The molecule has 0 radical (unpaired) electrons. The second-order valence-electron chi connectivity index (χ2n) is 11.4. The Hall–Kier alpha value is -2.79. The highest BCUT2D eigenvalue weighted by molar-refractivity contribution is 9.08. The topological polar surface area (TPSA) is 38.5 Å². The van der Waals surface area contributed by atoms with Crippen LogP contribution in [0.15, 0.2) is 60.7 Å². The average Bonchev–Trinajstić information content (AvgIpc) is 3.64. The van der Waals surface area contributed by atoms with Crippen molar-refractivity contribution < 1.29 is 0 Å². The van der Waals surface area contributed by atoms with E-state index in [1.807, 2.05) is 18.7 Å². The van der Waals surface area contributed by atoms with Crippen molar-refractivity contribution in [1.82, 2.24) is 18.4 Å². The number of nitrogens with one attached hydrogen (secondary N) is 1. The predicted molar refractivity (Wildman–Crippen MR) is 163 cm³/mol. The van der Waals surface area contributed by atoms with Crippen LogP contribution in [0.1, 0.15) is 93.1 Å². The lowest BCUT2D eigenvalue weighted by Gasteiger charge is -2.21. The van der Waals surface area contributed by atoms with Crippen molar-refractivity contribution in [2.75, 3.05) is 0 Å². The molecule has 0 spiro atoms. The van der Waals surface area contributed by atoms with E-state index < -0.39 is 0 Å². The first kappa shape index (κ1) is 25.5. The second-order valence-corrected chi connectivity index (χ2v) is 12.1. The van der Waals surface area contributed by atoms with Crippen LogP contribution in [0.5, 0.6) is 0 Å². The lowest BCUT2D eigenvalue weighted by Crippen LogP contribution is -2.06. The largest absolute Gasteiger partial charge is 0.358 e. The molecule has 4 nitrogen and oxygen atoms in total. The van der Waals surface area contributed by atoms with Gasteiger partial charge in [-0.2, -0.15) is 5.10 Å². The summed E-state index contributed by atoms with van der Waals surface area (Å²) in [6.07, 6.45) is 13.7. The van der Waals surface area contributed by atoms with Crippen molar-refractivity contribution in [3.8, 4) is 11.3 Å². The molecular formula is C33H39BrN4. The van der Waals surface area contributed by atoms with E-state index in [1.54, 1.807) is 0 Å². The van der Waals surface area contributed by atoms with Crippen molar-refractivity contribution in [3.05, 3.63) is 77.7 Å². The van der Waals surface area contributed by atoms with Gasteiger partial charge in [-0.3, -0.25) is 8.27 Å². The first-order valence-electron chi connectivity index (χ1n) is 14.5. The molecule has 2 saturated carbocycles. The molecule has 2 aromatic carbocycles. The molecule has 0 aliphatic heterocycles. The summed E-state index contributed by atoms with van der Waals surface area (Å²) in [7, 11) is 2.01. The van der Waals surface area contributed by atoms with E-state index in [4.69, 9.17) is 0 Å². The zero-order chi connectivity index (χ0) is 26.1. The number of aromatic amines is 1. The standard InChI is InChI=1S/C19H23N3.C14H16BrN/c1-13-10-19(22(2)21-13)15-8-9-17-16(11-15)12-18(20-17)14-6-4-3-5-7-14;15-16-13-9-5-4-8-12(13)10-14(16)11-6-2-1-3-7-11/h8-12,14,20H,3-7H2,1-2H3;4-5,8-11H,1-3,6-7H2. The van der Waals surface area contributed by atoms with Gasteiger partial charge in [0.1, 0.15) is 0 Å². The molecule has 1 N–H and O–H groups in total. The van der Waals surface area contributed by atoms with Gasteiger partial charge in [-0.15, -0.1) is 0 Å². The summed E-state index contributed by atoms with van der Waals surface area (Å²) in [5.74, 6) is 1.48. The van der Waals surface area contributed by atoms with Gasteiger partial charge in [0, 0.05) is 46.2 Å². The summed E-state index contributed by atoms with van der Waals surface area (Å²) in [6, 6.07) is 22.1. The van der Waals surface area contributed by atoms with E-state index in [9.17, 15) is 0 Å². The lowest BCUT2D eigenvalue weighted by atomic mass is 9.87. The number of para-hydroxylation sites is 1.